The Morgan fingerprint density at radius 2 is 1.59 bits per heavy atom. The number of carbonyl (C=O) groups excluding carboxylic acids is 8. The molecule has 3 aliphatic rings. The molecule has 3 aromatic rings. The number of nitrogen functional groups attached to an aromatic ring is 1. The maximum atomic E-state index is 15.1. The highest BCUT2D eigenvalue weighted by Gasteiger charge is 2.54. The van der Waals surface area contributed by atoms with Crippen LogP contribution >= 0.6 is 23.1 Å². The van der Waals surface area contributed by atoms with E-state index < -0.39 is 171 Å². The lowest BCUT2D eigenvalue weighted by atomic mass is 9.96. The summed E-state index contributed by atoms with van der Waals surface area (Å²) in [5, 5.41) is 97.5. The summed E-state index contributed by atoms with van der Waals surface area (Å²) in [6.07, 6.45) is -17.0. The van der Waals surface area contributed by atoms with E-state index in [0.29, 0.717) is 29.4 Å². The molecular formula is C53H81N17O20S3+2. The molecule has 0 bridgehead atoms. The third-order valence-corrected chi connectivity index (χ3v) is 17.8. The van der Waals surface area contributed by atoms with Crippen LogP contribution in [-0.4, -0.2) is 256 Å². The summed E-state index contributed by atoms with van der Waals surface area (Å²) in [7, 11) is 0.274. The number of imidazole rings is 1. The van der Waals surface area contributed by atoms with E-state index in [2.05, 4.69) is 74.3 Å². The van der Waals surface area contributed by atoms with Gasteiger partial charge in [0.15, 0.2) is 18.7 Å². The first-order valence-corrected chi connectivity index (χ1v) is 32.9. The van der Waals surface area contributed by atoms with Crippen molar-refractivity contribution in [2.75, 3.05) is 56.8 Å². The van der Waals surface area contributed by atoms with Crippen LogP contribution in [0.2, 0.25) is 0 Å². The van der Waals surface area contributed by atoms with Crippen LogP contribution < -0.4 is 65.6 Å². The number of H-pyrrole nitrogens is 1. The predicted octanol–water partition coefficient (Wildman–Crippen LogP) is -9.21. The number of thioether (sulfide) groups is 1. The van der Waals surface area contributed by atoms with E-state index in [0.717, 1.165) is 30.9 Å². The maximum absolute atomic E-state index is 15.1. The number of carbonyl (C=O) groups is 8. The number of amides is 8. The number of nitrogens with zero attached hydrogens (tertiary/aromatic N) is 4. The molecule has 3 aromatic heterocycles. The molecule has 93 heavy (non-hydrogen) atoms. The highest BCUT2D eigenvalue weighted by molar-refractivity contribution is 8.03. The lowest BCUT2D eigenvalue weighted by Crippen LogP contribution is -2.78. The van der Waals surface area contributed by atoms with Crippen LogP contribution in [0.3, 0.4) is 0 Å². The van der Waals surface area contributed by atoms with Gasteiger partial charge in [-0.15, -0.1) is 23.1 Å². The van der Waals surface area contributed by atoms with Crippen molar-refractivity contribution < 1.29 is 103 Å². The van der Waals surface area contributed by atoms with E-state index in [1.54, 1.807) is 5.38 Å². The Balaban J connectivity index is 1.23. The second-order valence-corrected chi connectivity index (χ2v) is 26.3. The minimum Gasteiger partial charge on any atom is -0.441 e. The molecule has 514 valence electrons. The van der Waals surface area contributed by atoms with Crippen molar-refractivity contribution >= 4 is 99.2 Å². The number of nitrogens with two attached hydrogens (primary N) is 5. The van der Waals surface area contributed by atoms with Crippen LogP contribution in [0.1, 0.15) is 88.3 Å². The summed E-state index contributed by atoms with van der Waals surface area (Å²) in [5.74, 6) is -7.19. The standard InChI is InChI=1S/C53H79N17O20S3/c1-20-33(68-45(70-43(20)56)24(11-30(55)73)62-12-23(54)44(57)80)48(83)69-34(40(25-13-59-19-64-25)88-52-42(38(78)36(76)28(15-71)87-52)89-51-39(79)41(90-53(58)85)37(77)29(16-72)86-51)49(84)65-22(3)35(75)21(2)46(81)63-14-31(74)60-9-7-32-66-27(18-91-32)50-67-26(17-92-50)47(82)61-8-6-10-93(4)5/h13-14,17-19,21-24,28-29,32,34-42,51-52,62,66,71-72,75-79H,6-12,15-16,54H2,1-5H3,(H12-,55,56,57,58,59,60,61,64,65,68,69,70,73,74,80,82,83,84,85)/p+2/t21-,22+,23-,24-,28-,29+,32+,34-,35-,36+,37+,38-,39-,40-,41-,42-,51+,52-/m0/s1. The number of primary amides is 3. The van der Waals surface area contributed by atoms with E-state index in [9.17, 15) is 69.3 Å². The largest absolute Gasteiger partial charge is 0.441 e. The zero-order valence-corrected chi connectivity index (χ0v) is 53.4. The van der Waals surface area contributed by atoms with Crippen LogP contribution in [0.15, 0.2) is 23.3 Å². The Morgan fingerprint density at radius 3 is 2.24 bits per heavy atom. The van der Waals surface area contributed by atoms with Crippen molar-refractivity contribution in [1.82, 2.24) is 56.8 Å². The number of aromatic nitrogens is 5. The molecule has 3 aliphatic heterocycles. The van der Waals surface area contributed by atoms with E-state index in [4.69, 9.17) is 52.4 Å². The van der Waals surface area contributed by atoms with Gasteiger partial charge < -0.3 is 125 Å². The molecule has 37 nitrogen and oxygen atoms in total. The first kappa shape index (κ1) is 74.9. The summed E-state index contributed by atoms with van der Waals surface area (Å²) < 4.78 is 28.7. The van der Waals surface area contributed by atoms with Gasteiger partial charge in [0, 0.05) is 43.4 Å². The van der Waals surface area contributed by atoms with E-state index >= 15 is 4.79 Å². The Hall–Kier alpha value is -7.13. The van der Waals surface area contributed by atoms with Crippen LogP contribution in [0.4, 0.5) is 10.6 Å². The van der Waals surface area contributed by atoms with Gasteiger partial charge in [0.1, 0.15) is 94.6 Å². The topological polar surface area (TPSA) is 608 Å². The minimum atomic E-state index is -2.18. The molecule has 0 spiro atoms. The Morgan fingerprint density at radius 1 is 0.892 bits per heavy atom. The van der Waals surface area contributed by atoms with Crippen molar-refractivity contribution in [3.05, 3.63) is 56.8 Å². The number of hydrogen-bond acceptors (Lipinski definition) is 30. The third-order valence-electron chi connectivity index (χ3n) is 14.8. The fraction of sp³-hybridized carbons (Fsp3) is 0.604. The monoisotopic (exact) mass is 1370 g/mol. The van der Waals surface area contributed by atoms with E-state index in [1.807, 2.05) is 5.41 Å². The fourth-order valence-corrected chi connectivity index (χ4v) is 12.0. The Kier molecular flexibility index (Phi) is 28.1. The molecule has 2 fully saturated rings. The number of rotatable bonds is 33. The van der Waals surface area contributed by atoms with E-state index in [-0.39, 0.29) is 58.2 Å². The summed E-state index contributed by atoms with van der Waals surface area (Å²) >= 11 is 2.76. The second-order valence-electron chi connectivity index (χ2n) is 22.0. The Bertz CT molecular complexity index is 3130. The first-order chi connectivity index (χ1) is 44.0. The van der Waals surface area contributed by atoms with Gasteiger partial charge in [0.2, 0.25) is 23.9 Å². The molecule has 18 atom stereocenters. The second kappa shape index (κ2) is 34.9. The maximum Gasteiger partial charge on any atom is 0.404 e. The highest BCUT2D eigenvalue weighted by atomic mass is 32.2. The van der Waals surface area contributed by atoms with Gasteiger partial charge in [-0.05, 0) is 43.5 Å². The van der Waals surface area contributed by atoms with Crippen LogP contribution in [0, 0.1) is 12.8 Å². The van der Waals surface area contributed by atoms with Gasteiger partial charge in [0.05, 0.1) is 79.2 Å². The van der Waals surface area contributed by atoms with Gasteiger partial charge in [-0.1, -0.05) is 0 Å². The number of aliphatic hydroxyl groups excluding tert-OH is 7. The molecule has 0 unspecified atom stereocenters. The molecule has 8 amide bonds. The summed E-state index contributed by atoms with van der Waals surface area (Å²) in [6, 6.07) is -6.12. The van der Waals surface area contributed by atoms with Crippen molar-refractivity contribution in [1.29, 1.82) is 0 Å². The number of nitrogens with one attached hydrogen (secondary N) is 8. The third kappa shape index (κ3) is 20.4. The zero-order valence-electron chi connectivity index (χ0n) is 51.0. The van der Waals surface area contributed by atoms with Gasteiger partial charge in [-0.2, -0.15) is 4.99 Å². The molecule has 25 N–H and O–H groups in total. The number of aliphatic hydroxyl groups is 7. The van der Waals surface area contributed by atoms with E-state index in [1.165, 1.54) is 43.9 Å². The fourth-order valence-electron chi connectivity index (χ4n) is 9.48. The van der Waals surface area contributed by atoms with Crippen LogP contribution in [0.5, 0.6) is 0 Å². The van der Waals surface area contributed by atoms with Crippen LogP contribution in [0.25, 0.3) is 5.70 Å². The average molecular weight is 1370 g/mol. The number of anilines is 1. The Labute approximate surface area is 542 Å². The molecule has 0 aromatic carbocycles. The first-order valence-electron chi connectivity index (χ1n) is 28.9. The molecule has 2 saturated heterocycles. The zero-order chi connectivity index (χ0) is 68.5. The summed E-state index contributed by atoms with van der Waals surface area (Å²) in [6.45, 7) is 2.25. The number of ether oxygens (including phenoxy) is 5. The molecule has 0 aliphatic carbocycles. The summed E-state index contributed by atoms with van der Waals surface area (Å²) in [5.41, 5.74) is 28.3. The van der Waals surface area contributed by atoms with Crippen molar-refractivity contribution in [3.8, 4) is 0 Å². The minimum absolute atomic E-state index is 0.105. The van der Waals surface area contributed by atoms with Crippen molar-refractivity contribution in [3.63, 3.8) is 0 Å². The normalized spacial score (nSPS) is 25.3. The molecule has 6 heterocycles. The van der Waals surface area contributed by atoms with Gasteiger partial charge >= 0.3 is 17.9 Å². The lowest BCUT2D eigenvalue weighted by molar-refractivity contribution is -0.379. The lowest BCUT2D eigenvalue weighted by Gasteiger charge is -2.47. The van der Waals surface area contributed by atoms with Gasteiger partial charge in [-0.3, -0.25) is 28.8 Å². The SMILES string of the molecule is Cc1c(N)nc([C@H](CC(N)=O)NC[C@H](N)C(N)=O)nc1C(=O)N[C@H](C(=O)N[C@H](C)[C@@H](O)[C@H](C)C(=O)[NH+]=CC(=O)NCC[C@@H]1NC(c2nc(C(=O)NCCC[S+](C)C)cs2)=CS1)[C@@H](O[C@@H]1O[C@@H](CO)[C@@H](O)[C@H](O)[C@@H]1O[C@H]1O[C@H](CO)[C@@H](O)[C@H](OC(N)=O)[C@@H]1O)c1cnc[nH]1. The molecule has 0 radical (unpaired) electrons. The number of hydrogen-bond donors (Lipinski definition) is 20. The molecule has 0 saturated carbocycles. The molecule has 40 heteroatoms. The predicted molar refractivity (Wildman–Crippen MR) is 329 cm³/mol. The van der Waals surface area contributed by atoms with Crippen molar-refractivity contribution in [2.45, 2.75) is 143 Å². The smallest absolute Gasteiger partial charge is 0.404 e. The number of thiazole rings is 1. The van der Waals surface area contributed by atoms with Gasteiger partial charge in [0.25, 0.3) is 11.8 Å². The highest BCUT2D eigenvalue weighted by Crippen LogP contribution is 2.35. The van der Waals surface area contributed by atoms with Gasteiger partial charge in [-0.25, -0.2) is 29.5 Å². The van der Waals surface area contributed by atoms with Crippen LogP contribution in [-0.2, 0) is 58.6 Å². The quantitative estimate of drug-likeness (QED) is 0.0153. The molecular weight excluding hydrogens is 1290 g/mol. The van der Waals surface area contributed by atoms with Crippen molar-refractivity contribution in [2.24, 2.45) is 28.9 Å². The number of aromatic amines is 1. The average Bonchev–Trinajstić information content (AvgIpc) is 1.83. The summed E-state index contributed by atoms with van der Waals surface area (Å²) in [4.78, 5) is 127. The molecule has 6 rings (SSSR count).